The molecule has 0 aliphatic heterocycles. The molecule has 1 amide bonds. The van der Waals surface area contributed by atoms with Crippen molar-refractivity contribution >= 4 is 40.8 Å². The Hall–Kier alpha value is -2.58. The normalized spacial score (nSPS) is 10.5. The van der Waals surface area contributed by atoms with Gasteiger partial charge < -0.3 is 19.5 Å². The smallest absolute Gasteiger partial charge is 0.387 e. The Morgan fingerprint density at radius 1 is 1.07 bits per heavy atom. The second-order valence-corrected chi connectivity index (χ2v) is 5.76. The number of amides is 1. The zero-order valence-electron chi connectivity index (χ0n) is 14.0. The summed E-state index contributed by atoms with van der Waals surface area (Å²) in [5.41, 5.74) is -0.256. The SMILES string of the molecule is COC(=O)c1cc(OC)c(OC(F)F)cc1NC(=O)c1cccc(Cl)c1Cl. The summed E-state index contributed by atoms with van der Waals surface area (Å²) in [5, 5.41) is 2.55. The largest absolute Gasteiger partial charge is 0.493 e. The molecule has 144 valence electrons. The Kier molecular flexibility index (Phi) is 6.81. The first kappa shape index (κ1) is 20.7. The molecule has 2 aromatic rings. The number of carbonyl (C=O) groups excluding carboxylic acids is 2. The van der Waals surface area contributed by atoms with Crippen molar-refractivity contribution in [1.29, 1.82) is 0 Å². The number of methoxy groups -OCH3 is 2. The molecule has 0 unspecified atom stereocenters. The van der Waals surface area contributed by atoms with Crippen LogP contribution in [0.25, 0.3) is 0 Å². The first-order valence-corrected chi connectivity index (χ1v) is 8.04. The second kappa shape index (κ2) is 8.88. The predicted octanol–water partition coefficient (Wildman–Crippen LogP) is 4.64. The van der Waals surface area contributed by atoms with Gasteiger partial charge in [0.05, 0.1) is 41.1 Å². The predicted molar refractivity (Wildman–Crippen MR) is 95.4 cm³/mol. The Bertz CT molecular complexity index is 877. The van der Waals surface area contributed by atoms with Crippen LogP contribution in [0.1, 0.15) is 20.7 Å². The number of nitrogens with one attached hydrogen (secondary N) is 1. The van der Waals surface area contributed by atoms with Crippen molar-refractivity contribution in [2.75, 3.05) is 19.5 Å². The molecule has 6 nitrogen and oxygen atoms in total. The molecule has 0 aliphatic rings. The molecule has 0 saturated carbocycles. The van der Waals surface area contributed by atoms with Crippen LogP contribution in [0.5, 0.6) is 11.5 Å². The Morgan fingerprint density at radius 2 is 1.78 bits per heavy atom. The molecule has 0 spiro atoms. The minimum Gasteiger partial charge on any atom is -0.493 e. The third-order valence-electron chi connectivity index (χ3n) is 3.37. The molecular formula is C17H13Cl2F2NO5. The lowest BCUT2D eigenvalue weighted by molar-refractivity contribution is -0.0511. The van der Waals surface area contributed by atoms with Gasteiger partial charge in [0.1, 0.15) is 0 Å². The summed E-state index contributed by atoms with van der Waals surface area (Å²) in [6, 6.07) is 6.53. The van der Waals surface area contributed by atoms with Gasteiger partial charge in [-0.3, -0.25) is 4.79 Å². The highest BCUT2D eigenvalue weighted by Crippen LogP contribution is 2.35. The van der Waals surface area contributed by atoms with Crippen LogP contribution in [0, 0.1) is 0 Å². The van der Waals surface area contributed by atoms with Crippen LogP contribution in [0.4, 0.5) is 14.5 Å². The molecule has 2 aromatic carbocycles. The van der Waals surface area contributed by atoms with Crippen LogP contribution >= 0.6 is 23.2 Å². The Morgan fingerprint density at radius 3 is 2.37 bits per heavy atom. The highest BCUT2D eigenvalue weighted by molar-refractivity contribution is 6.44. The Labute approximate surface area is 162 Å². The Balaban J connectivity index is 2.50. The molecule has 1 N–H and O–H groups in total. The molecule has 10 heteroatoms. The minimum atomic E-state index is -3.14. The van der Waals surface area contributed by atoms with Crippen molar-refractivity contribution in [3.8, 4) is 11.5 Å². The van der Waals surface area contributed by atoms with Crippen LogP contribution < -0.4 is 14.8 Å². The standard InChI is InChI=1S/C17H13Cl2F2NO5/c1-25-12-6-9(16(24)26-2)11(7-13(12)27-17(20)21)22-15(23)8-4-3-5-10(18)14(8)19/h3-7,17H,1-2H3,(H,22,23). The van der Waals surface area contributed by atoms with Crippen molar-refractivity contribution < 1.29 is 32.6 Å². The fraction of sp³-hybridized carbons (Fsp3) is 0.176. The summed E-state index contributed by atoms with van der Waals surface area (Å²) in [6.07, 6.45) is 0. The monoisotopic (exact) mass is 419 g/mol. The fourth-order valence-corrected chi connectivity index (χ4v) is 2.54. The van der Waals surface area contributed by atoms with Gasteiger partial charge in [-0.2, -0.15) is 8.78 Å². The number of carbonyl (C=O) groups is 2. The van der Waals surface area contributed by atoms with Crippen molar-refractivity contribution in [2.45, 2.75) is 6.61 Å². The summed E-state index contributed by atoms with van der Waals surface area (Å²) in [4.78, 5) is 24.5. The van der Waals surface area contributed by atoms with Gasteiger partial charge in [0.25, 0.3) is 5.91 Å². The summed E-state index contributed by atoms with van der Waals surface area (Å²) in [7, 11) is 2.33. The van der Waals surface area contributed by atoms with Gasteiger partial charge in [-0.15, -0.1) is 0 Å². The highest BCUT2D eigenvalue weighted by Gasteiger charge is 2.22. The van der Waals surface area contributed by atoms with E-state index in [1.807, 2.05) is 0 Å². The van der Waals surface area contributed by atoms with E-state index in [1.54, 1.807) is 0 Å². The van der Waals surface area contributed by atoms with Gasteiger partial charge in [0, 0.05) is 12.1 Å². The number of hydrogen-bond donors (Lipinski definition) is 1. The molecule has 0 bridgehead atoms. The summed E-state index contributed by atoms with van der Waals surface area (Å²) >= 11 is 11.9. The zero-order valence-corrected chi connectivity index (χ0v) is 15.5. The highest BCUT2D eigenvalue weighted by atomic mass is 35.5. The maximum absolute atomic E-state index is 12.6. The van der Waals surface area contributed by atoms with Gasteiger partial charge in [-0.05, 0) is 12.1 Å². The van der Waals surface area contributed by atoms with E-state index in [9.17, 15) is 18.4 Å². The van der Waals surface area contributed by atoms with Gasteiger partial charge in [0.2, 0.25) is 0 Å². The molecule has 0 heterocycles. The lowest BCUT2D eigenvalue weighted by Gasteiger charge is -2.16. The number of alkyl halides is 2. The van der Waals surface area contributed by atoms with E-state index in [1.165, 1.54) is 25.3 Å². The zero-order chi connectivity index (χ0) is 20.1. The molecule has 0 radical (unpaired) electrons. The average molecular weight is 420 g/mol. The number of halogens is 4. The minimum absolute atomic E-state index is 0.00569. The third-order valence-corrected chi connectivity index (χ3v) is 4.19. The van der Waals surface area contributed by atoms with Gasteiger partial charge in [-0.1, -0.05) is 29.3 Å². The average Bonchev–Trinajstić information content (AvgIpc) is 2.63. The van der Waals surface area contributed by atoms with E-state index in [4.69, 9.17) is 27.9 Å². The molecule has 0 aliphatic carbocycles. The summed E-state index contributed by atoms with van der Waals surface area (Å²) < 4.78 is 39.2. The van der Waals surface area contributed by atoms with Gasteiger partial charge in [-0.25, -0.2) is 4.79 Å². The number of benzene rings is 2. The second-order valence-electron chi connectivity index (χ2n) is 4.97. The first-order chi connectivity index (χ1) is 12.8. The first-order valence-electron chi connectivity index (χ1n) is 7.29. The van der Waals surface area contributed by atoms with Crippen LogP contribution in [0.15, 0.2) is 30.3 Å². The lowest BCUT2D eigenvalue weighted by atomic mass is 10.1. The van der Waals surface area contributed by atoms with Crippen LogP contribution in [0.2, 0.25) is 10.0 Å². The number of esters is 1. The van der Waals surface area contributed by atoms with E-state index in [0.29, 0.717) is 0 Å². The van der Waals surface area contributed by atoms with Crippen LogP contribution in [-0.4, -0.2) is 32.7 Å². The molecule has 0 saturated heterocycles. The third kappa shape index (κ3) is 4.78. The van der Waals surface area contributed by atoms with E-state index < -0.39 is 18.5 Å². The van der Waals surface area contributed by atoms with Crippen molar-refractivity contribution in [1.82, 2.24) is 0 Å². The van der Waals surface area contributed by atoms with E-state index in [2.05, 4.69) is 14.8 Å². The quantitative estimate of drug-likeness (QED) is 0.690. The fourth-order valence-electron chi connectivity index (χ4n) is 2.16. The number of rotatable bonds is 6. The van der Waals surface area contributed by atoms with Gasteiger partial charge >= 0.3 is 12.6 Å². The molecule has 0 aromatic heterocycles. The lowest BCUT2D eigenvalue weighted by Crippen LogP contribution is -2.17. The topological polar surface area (TPSA) is 73.9 Å². The van der Waals surface area contributed by atoms with Crippen LogP contribution in [0.3, 0.4) is 0 Å². The molecule has 27 heavy (non-hydrogen) atoms. The van der Waals surface area contributed by atoms with E-state index in [-0.39, 0.29) is 38.4 Å². The summed E-state index contributed by atoms with van der Waals surface area (Å²) in [5.74, 6) is -2.08. The molecule has 0 fully saturated rings. The molecular weight excluding hydrogens is 407 g/mol. The van der Waals surface area contributed by atoms with Crippen molar-refractivity contribution in [3.63, 3.8) is 0 Å². The maximum atomic E-state index is 12.6. The number of ether oxygens (including phenoxy) is 3. The van der Waals surface area contributed by atoms with Crippen molar-refractivity contribution in [2.24, 2.45) is 0 Å². The van der Waals surface area contributed by atoms with Crippen molar-refractivity contribution in [3.05, 3.63) is 51.5 Å². The van der Waals surface area contributed by atoms with E-state index in [0.717, 1.165) is 19.2 Å². The molecule has 2 rings (SSSR count). The number of hydrogen-bond acceptors (Lipinski definition) is 5. The van der Waals surface area contributed by atoms with E-state index >= 15 is 0 Å². The number of anilines is 1. The van der Waals surface area contributed by atoms with Crippen LogP contribution in [-0.2, 0) is 4.74 Å². The maximum Gasteiger partial charge on any atom is 0.387 e. The van der Waals surface area contributed by atoms with Gasteiger partial charge in [0.15, 0.2) is 11.5 Å². The summed E-state index contributed by atoms with van der Waals surface area (Å²) in [6.45, 7) is -3.14. The molecule has 0 atom stereocenters.